The highest BCUT2D eigenvalue weighted by Crippen LogP contribution is 2.29. The number of hydrogen-bond acceptors (Lipinski definition) is 3. The molecule has 2 rings (SSSR count). The summed E-state index contributed by atoms with van der Waals surface area (Å²) in [6.07, 6.45) is 6.62. The molecule has 0 amide bonds. The molecular formula is C12H24N2O. The zero-order valence-corrected chi connectivity index (χ0v) is 9.82. The highest BCUT2D eigenvalue weighted by atomic mass is 16.5. The van der Waals surface area contributed by atoms with Gasteiger partial charge in [-0.25, -0.2) is 0 Å². The molecule has 0 aromatic heterocycles. The third-order valence-electron chi connectivity index (χ3n) is 4.15. The van der Waals surface area contributed by atoms with Gasteiger partial charge in [0.2, 0.25) is 0 Å². The molecule has 1 aliphatic heterocycles. The molecule has 0 bridgehead atoms. The lowest BCUT2D eigenvalue weighted by Gasteiger charge is -2.43. The summed E-state index contributed by atoms with van der Waals surface area (Å²) in [6.45, 7) is 2.64. The van der Waals surface area contributed by atoms with Crippen molar-refractivity contribution in [1.82, 2.24) is 4.90 Å². The smallest absolute Gasteiger partial charge is 0.0509 e. The molecule has 0 aromatic carbocycles. The molecule has 0 spiro atoms. The lowest BCUT2D eigenvalue weighted by molar-refractivity contribution is -0.00309. The van der Waals surface area contributed by atoms with E-state index in [9.17, 15) is 0 Å². The van der Waals surface area contributed by atoms with Gasteiger partial charge >= 0.3 is 0 Å². The number of likely N-dealkylation sites (N-methyl/N-ethyl adjacent to an activating group) is 1. The zero-order chi connectivity index (χ0) is 10.7. The fourth-order valence-corrected chi connectivity index (χ4v) is 2.83. The van der Waals surface area contributed by atoms with Gasteiger partial charge < -0.3 is 10.5 Å². The lowest BCUT2D eigenvalue weighted by Crippen LogP contribution is -2.52. The second-order valence-corrected chi connectivity index (χ2v) is 5.03. The van der Waals surface area contributed by atoms with E-state index in [4.69, 9.17) is 10.5 Å². The molecule has 0 aromatic rings. The Morgan fingerprint density at radius 3 is 2.60 bits per heavy atom. The highest BCUT2D eigenvalue weighted by molar-refractivity contribution is 4.87. The molecule has 1 heterocycles. The van der Waals surface area contributed by atoms with Gasteiger partial charge in [-0.3, -0.25) is 4.90 Å². The minimum atomic E-state index is 0.538. The molecule has 1 saturated heterocycles. The van der Waals surface area contributed by atoms with Crippen molar-refractivity contribution in [3.63, 3.8) is 0 Å². The summed E-state index contributed by atoms with van der Waals surface area (Å²) in [5, 5.41) is 0. The van der Waals surface area contributed by atoms with Gasteiger partial charge in [-0.05, 0) is 38.6 Å². The molecule has 3 nitrogen and oxygen atoms in total. The molecule has 2 aliphatic rings. The summed E-state index contributed by atoms with van der Waals surface area (Å²) in [5.74, 6) is 0.661. The number of rotatable bonds is 4. The van der Waals surface area contributed by atoms with Crippen molar-refractivity contribution in [2.75, 3.05) is 26.8 Å². The molecule has 2 unspecified atom stereocenters. The number of ether oxygens (including phenoxy) is 1. The van der Waals surface area contributed by atoms with Crippen LogP contribution in [0.4, 0.5) is 0 Å². The molecule has 1 saturated carbocycles. The second kappa shape index (κ2) is 5.28. The normalized spacial score (nSPS) is 30.2. The van der Waals surface area contributed by atoms with Crippen LogP contribution in [-0.4, -0.2) is 43.8 Å². The maximum Gasteiger partial charge on any atom is 0.0509 e. The largest absolute Gasteiger partial charge is 0.381 e. The van der Waals surface area contributed by atoms with Gasteiger partial charge in [0, 0.05) is 25.2 Å². The predicted octanol–water partition coefficient (Wildman–Crippen LogP) is 1.22. The van der Waals surface area contributed by atoms with E-state index < -0.39 is 0 Å². The number of nitrogens with two attached hydrogens (primary N) is 1. The summed E-state index contributed by atoms with van der Waals surface area (Å²) in [7, 11) is 2.25. The Balaban J connectivity index is 1.88. The summed E-state index contributed by atoms with van der Waals surface area (Å²) < 4.78 is 5.56. The van der Waals surface area contributed by atoms with E-state index in [2.05, 4.69) is 11.9 Å². The molecule has 0 radical (unpaired) electrons. The Morgan fingerprint density at radius 2 is 2.13 bits per heavy atom. The van der Waals surface area contributed by atoms with E-state index in [0.717, 1.165) is 25.8 Å². The third kappa shape index (κ3) is 2.52. The van der Waals surface area contributed by atoms with Gasteiger partial charge in [0.25, 0.3) is 0 Å². The zero-order valence-electron chi connectivity index (χ0n) is 9.82. The van der Waals surface area contributed by atoms with Gasteiger partial charge in [0.15, 0.2) is 0 Å². The first-order valence-electron chi connectivity index (χ1n) is 6.32. The Morgan fingerprint density at radius 1 is 1.33 bits per heavy atom. The van der Waals surface area contributed by atoms with Crippen LogP contribution in [0.2, 0.25) is 0 Å². The monoisotopic (exact) mass is 212 g/mol. The van der Waals surface area contributed by atoms with Crippen LogP contribution in [0.15, 0.2) is 0 Å². The van der Waals surface area contributed by atoms with Crippen LogP contribution >= 0.6 is 0 Å². The topological polar surface area (TPSA) is 38.5 Å². The van der Waals surface area contributed by atoms with E-state index in [1.807, 2.05) is 0 Å². The minimum Gasteiger partial charge on any atom is -0.381 e. The van der Waals surface area contributed by atoms with Gasteiger partial charge in [0.1, 0.15) is 0 Å². The van der Waals surface area contributed by atoms with Crippen LogP contribution < -0.4 is 5.73 Å². The summed E-state index contributed by atoms with van der Waals surface area (Å²) >= 11 is 0. The summed E-state index contributed by atoms with van der Waals surface area (Å²) in [4.78, 5) is 2.52. The molecule has 88 valence electrons. The average molecular weight is 212 g/mol. The van der Waals surface area contributed by atoms with E-state index in [-0.39, 0.29) is 0 Å². The standard InChI is InChI=1S/C12H24N2O/c1-14(11-5-2-6-11)12(8-13)10-4-3-7-15-9-10/h10-12H,2-9,13H2,1H3. The Bertz CT molecular complexity index is 186. The van der Waals surface area contributed by atoms with Crippen molar-refractivity contribution in [2.45, 2.75) is 44.2 Å². The van der Waals surface area contributed by atoms with Crippen molar-refractivity contribution in [1.29, 1.82) is 0 Å². The first kappa shape index (κ1) is 11.4. The van der Waals surface area contributed by atoms with Crippen molar-refractivity contribution < 1.29 is 4.74 Å². The third-order valence-corrected chi connectivity index (χ3v) is 4.15. The summed E-state index contributed by atoms with van der Waals surface area (Å²) in [5.41, 5.74) is 5.92. The van der Waals surface area contributed by atoms with Gasteiger partial charge in [-0.15, -0.1) is 0 Å². The van der Waals surface area contributed by atoms with Crippen LogP contribution in [0.3, 0.4) is 0 Å². The minimum absolute atomic E-state index is 0.538. The Hall–Kier alpha value is -0.120. The Labute approximate surface area is 93.0 Å². The van der Waals surface area contributed by atoms with Crippen molar-refractivity contribution in [3.8, 4) is 0 Å². The fourth-order valence-electron chi connectivity index (χ4n) is 2.83. The van der Waals surface area contributed by atoms with Gasteiger partial charge in [0.05, 0.1) is 6.61 Å². The number of hydrogen-bond donors (Lipinski definition) is 1. The van der Waals surface area contributed by atoms with E-state index >= 15 is 0 Å². The Kier molecular flexibility index (Phi) is 4.00. The average Bonchev–Trinajstić information content (AvgIpc) is 2.18. The molecular weight excluding hydrogens is 188 g/mol. The maximum absolute atomic E-state index is 5.92. The quantitative estimate of drug-likeness (QED) is 0.761. The van der Waals surface area contributed by atoms with E-state index in [1.165, 1.54) is 32.1 Å². The molecule has 2 N–H and O–H groups in total. The molecule has 2 fully saturated rings. The van der Waals surface area contributed by atoms with Crippen LogP contribution in [-0.2, 0) is 4.74 Å². The van der Waals surface area contributed by atoms with Crippen molar-refractivity contribution in [2.24, 2.45) is 11.7 Å². The van der Waals surface area contributed by atoms with Crippen LogP contribution in [0.25, 0.3) is 0 Å². The van der Waals surface area contributed by atoms with Crippen LogP contribution in [0.1, 0.15) is 32.1 Å². The summed E-state index contributed by atoms with van der Waals surface area (Å²) in [6, 6.07) is 1.33. The maximum atomic E-state index is 5.92. The first-order chi connectivity index (χ1) is 7.33. The molecule has 15 heavy (non-hydrogen) atoms. The van der Waals surface area contributed by atoms with E-state index in [1.54, 1.807) is 0 Å². The lowest BCUT2D eigenvalue weighted by atomic mass is 9.86. The second-order valence-electron chi connectivity index (χ2n) is 5.03. The number of nitrogens with zero attached hydrogens (tertiary/aromatic N) is 1. The van der Waals surface area contributed by atoms with Crippen LogP contribution in [0.5, 0.6) is 0 Å². The fraction of sp³-hybridized carbons (Fsp3) is 1.00. The van der Waals surface area contributed by atoms with Crippen molar-refractivity contribution in [3.05, 3.63) is 0 Å². The van der Waals surface area contributed by atoms with Crippen molar-refractivity contribution >= 4 is 0 Å². The molecule has 2 atom stereocenters. The SMILES string of the molecule is CN(C1CCC1)C(CN)C1CCCOC1. The van der Waals surface area contributed by atoms with E-state index in [0.29, 0.717) is 12.0 Å². The molecule has 1 aliphatic carbocycles. The van der Waals surface area contributed by atoms with Crippen LogP contribution in [0, 0.1) is 5.92 Å². The first-order valence-corrected chi connectivity index (χ1v) is 6.32. The molecule has 3 heteroatoms. The highest BCUT2D eigenvalue weighted by Gasteiger charge is 2.32. The predicted molar refractivity (Wildman–Crippen MR) is 61.8 cm³/mol. The van der Waals surface area contributed by atoms with Gasteiger partial charge in [-0.2, -0.15) is 0 Å². The van der Waals surface area contributed by atoms with Gasteiger partial charge in [-0.1, -0.05) is 6.42 Å².